The first-order valence-corrected chi connectivity index (χ1v) is 4.25. The van der Waals surface area contributed by atoms with Gasteiger partial charge >= 0.3 is 0 Å². The molecular weight excluding hydrogens is 156 g/mol. The third-order valence-electron chi connectivity index (χ3n) is 1.79. The maximum Gasteiger partial charge on any atom is 0.292 e. The Kier molecular flexibility index (Phi) is 8.05. The standard InChI is InChI=1S/C6H14N2.C2H4O2/c7-5-6-3-1-2-4-8-6;1-4-2-3/h6,8H,1-5,7H2;2H,1H3. The molecule has 1 unspecified atom stereocenters. The average molecular weight is 174 g/mol. The van der Waals surface area contributed by atoms with Crippen molar-refractivity contribution in [2.24, 2.45) is 5.73 Å². The van der Waals surface area contributed by atoms with Gasteiger partial charge in [0.05, 0.1) is 7.11 Å². The van der Waals surface area contributed by atoms with E-state index in [-0.39, 0.29) is 0 Å². The van der Waals surface area contributed by atoms with Crippen LogP contribution in [0.4, 0.5) is 0 Å². The van der Waals surface area contributed by atoms with Crippen molar-refractivity contribution >= 4 is 6.47 Å². The topological polar surface area (TPSA) is 64.3 Å². The van der Waals surface area contributed by atoms with Crippen LogP contribution in [0.5, 0.6) is 0 Å². The molecule has 0 saturated carbocycles. The Bertz CT molecular complexity index is 103. The normalized spacial score (nSPS) is 22.0. The van der Waals surface area contributed by atoms with Crippen molar-refractivity contribution in [2.75, 3.05) is 20.2 Å². The lowest BCUT2D eigenvalue weighted by Gasteiger charge is -2.21. The molecular formula is C8H18N2O2. The minimum Gasteiger partial charge on any atom is -0.471 e. The highest BCUT2D eigenvalue weighted by molar-refractivity contribution is 5.36. The second-order valence-electron chi connectivity index (χ2n) is 2.71. The Morgan fingerprint density at radius 1 is 1.67 bits per heavy atom. The molecule has 12 heavy (non-hydrogen) atoms. The smallest absolute Gasteiger partial charge is 0.292 e. The van der Waals surface area contributed by atoms with E-state index in [0.717, 1.165) is 6.54 Å². The van der Waals surface area contributed by atoms with Crippen molar-refractivity contribution in [3.8, 4) is 0 Å². The summed E-state index contributed by atoms with van der Waals surface area (Å²) >= 11 is 0. The number of rotatable bonds is 2. The number of hydrogen-bond donors (Lipinski definition) is 2. The van der Waals surface area contributed by atoms with Gasteiger partial charge in [0.25, 0.3) is 6.47 Å². The van der Waals surface area contributed by atoms with Gasteiger partial charge in [0.1, 0.15) is 0 Å². The number of nitrogens with two attached hydrogens (primary N) is 1. The third-order valence-corrected chi connectivity index (χ3v) is 1.79. The van der Waals surface area contributed by atoms with E-state index in [2.05, 4.69) is 10.1 Å². The first kappa shape index (κ1) is 11.4. The average Bonchev–Trinajstić information content (AvgIpc) is 2.19. The van der Waals surface area contributed by atoms with E-state index < -0.39 is 0 Å². The summed E-state index contributed by atoms with van der Waals surface area (Å²) in [5, 5.41) is 3.34. The predicted octanol–water partition coefficient (Wildman–Crippen LogP) is -0.124. The molecule has 1 rings (SSSR count). The van der Waals surface area contributed by atoms with Gasteiger partial charge in [-0.2, -0.15) is 0 Å². The molecule has 1 heterocycles. The van der Waals surface area contributed by atoms with E-state index in [1.807, 2.05) is 0 Å². The number of methoxy groups -OCH3 is 1. The van der Waals surface area contributed by atoms with Gasteiger partial charge in [-0.05, 0) is 19.4 Å². The highest BCUT2D eigenvalue weighted by Gasteiger charge is 2.08. The number of piperidine rings is 1. The Morgan fingerprint density at radius 3 is 2.58 bits per heavy atom. The summed E-state index contributed by atoms with van der Waals surface area (Å²) in [6.45, 7) is 2.35. The molecule has 1 aliphatic heterocycles. The number of hydrogen-bond acceptors (Lipinski definition) is 4. The molecule has 1 saturated heterocycles. The van der Waals surface area contributed by atoms with Crippen LogP contribution in [0.3, 0.4) is 0 Å². The number of ether oxygens (including phenoxy) is 1. The van der Waals surface area contributed by atoms with Crippen molar-refractivity contribution in [1.82, 2.24) is 5.32 Å². The van der Waals surface area contributed by atoms with Crippen LogP contribution in [-0.4, -0.2) is 32.7 Å². The molecule has 4 heteroatoms. The molecule has 0 aromatic heterocycles. The molecule has 72 valence electrons. The van der Waals surface area contributed by atoms with Crippen LogP contribution in [0.2, 0.25) is 0 Å². The Balaban J connectivity index is 0.000000261. The summed E-state index contributed by atoms with van der Waals surface area (Å²) < 4.78 is 3.86. The van der Waals surface area contributed by atoms with E-state index in [0.29, 0.717) is 12.5 Å². The van der Waals surface area contributed by atoms with Gasteiger partial charge in [0.2, 0.25) is 0 Å². The second-order valence-corrected chi connectivity index (χ2v) is 2.71. The highest BCUT2D eigenvalue weighted by atomic mass is 16.5. The fraction of sp³-hybridized carbons (Fsp3) is 0.875. The molecule has 0 amide bonds. The van der Waals surface area contributed by atoms with Crippen LogP contribution in [0, 0.1) is 0 Å². The minimum atomic E-state index is 0.375. The van der Waals surface area contributed by atoms with Gasteiger partial charge in [-0.1, -0.05) is 6.42 Å². The fourth-order valence-corrected chi connectivity index (χ4v) is 1.13. The zero-order chi connectivity index (χ0) is 9.23. The molecule has 1 atom stereocenters. The molecule has 0 aromatic rings. The lowest BCUT2D eigenvalue weighted by molar-refractivity contribution is -0.126. The van der Waals surface area contributed by atoms with Crippen LogP contribution in [-0.2, 0) is 9.53 Å². The zero-order valence-electron chi connectivity index (χ0n) is 7.58. The summed E-state index contributed by atoms with van der Waals surface area (Å²) in [7, 11) is 1.31. The van der Waals surface area contributed by atoms with Crippen LogP contribution in [0.1, 0.15) is 19.3 Å². The predicted molar refractivity (Wildman–Crippen MR) is 47.8 cm³/mol. The lowest BCUT2D eigenvalue weighted by atomic mass is 10.1. The van der Waals surface area contributed by atoms with Crippen LogP contribution < -0.4 is 11.1 Å². The van der Waals surface area contributed by atoms with E-state index in [1.54, 1.807) is 0 Å². The Hall–Kier alpha value is -0.610. The molecule has 1 fully saturated rings. The Labute approximate surface area is 73.5 Å². The lowest BCUT2D eigenvalue weighted by Crippen LogP contribution is -2.39. The summed E-state index contributed by atoms with van der Waals surface area (Å²) in [6, 6.07) is 0.615. The second kappa shape index (κ2) is 8.49. The summed E-state index contributed by atoms with van der Waals surface area (Å²) in [5.41, 5.74) is 5.44. The summed E-state index contributed by atoms with van der Waals surface area (Å²) in [4.78, 5) is 8.95. The van der Waals surface area contributed by atoms with Gasteiger partial charge < -0.3 is 15.8 Å². The van der Waals surface area contributed by atoms with E-state index in [1.165, 1.54) is 32.9 Å². The third kappa shape index (κ3) is 6.12. The highest BCUT2D eigenvalue weighted by Crippen LogP contribution is 2.04. The zero-order valence-corrected chi connectivity index (χ0v) is 7.58. The molecule has 0 radical (unpaired) electrons. The van der Waals surface area contributed by atoms with E-state index in [4.69, 9.17) is 10.5 Å². The molecule has 0 bridgehead atoms. The van der Waals surface area contributed by atoms with Gasteiger partial charge in [0, 0.05) is 12.6 Å². The molecule has 4 nitrogen and oxygen atoms in total. The molecule has 0 aliphatic carbocycles. The van der Waals surface area contributed by atoms with Crippen molar-refractivity contribution in [1.29, 1.82) is 0 Å². The minimum absolute atomic E-state index is 0.375. The van der Waals surface area contributed by atoms with Gasteiger partial charge in [-0.15, -0.1) is 0 Å². The summed E-state index contributed by atoms with van der Waals surface area (Å²) in [6.07, 6.45) is 3.96. The fourth-order valence-electron chi connectivity index (χ4n) is 1.13. The SMILES string of the molecule is COC=O.NCC1CCCCN1. The Morgan fingerprint density at radius 2 is 2.33 bits per heavy atom. The van der Waals surface area contributed by atoms with Gasteiger partial charge in [0.15, 0.2) is 0 Å². The maximum atomic E-state index is 8.95. The van der Waals surface area contributed by atoms with Gasteiger partial charge in [-0.3, -0.25) is 4.79 Å². The molecule has 0 aromatic carbocycles. The summed E-state index contributed by atoms with van der Waals surface area (Å²) in [5.74, 6) is 0. The van der Waals surface area contributed by atoms with Crippen molar-refractivity contribution in [3.05, 3.63) is 0 Å². The van der Waals surface area contributed by atoms with E-state index >= 15 is 0 Å². The number of carbonyl (C=O) groups is 1. The van der Waals surface area contributed by atoms with Crippen molar-refractivity contribution in [2.45, 2.75) is 25.3 Å². The number of nitrogens with one attached hydrogen (secondary N) is 1. The first-order chi connectivity index (χ1) is 5.85. The van der Waals surface area contributed by atoms with Crippen LogP contribution in [0.15, 0.2) is 0 Å². The quantitative estimate of drug-likeness (QED) is 0.573. The first-order valence-electron chi connectivity index (χ1n) is 4.25. The molecule has 1 aliphatic rings. The molecule has 0 spiro atoms. The van der Waals surface area contributed by atoms with Crippen LogP contribution >= 0.6 is 0 Å². The van der Waals surface area contributed by atoms with Crippen LogP contribution in [0.25, 0.3) is 0 Å². The molecule has 3 N–H and O–H groups in total. The van der Waals surface area contributed by atoms with E-state index in [9.17, 15) is 0 Å². The van der Waals surface area contributed by atoms with Gasteiger partial charge in [-0.25, -0.2) is 0 Å². The van der Waals surface area contributed by atoms with Crippen molar-refractivity contribution < 1.29 is 9.53 Å². The van der Waals surface area contributed by atoms with Crippen molar-refractivity contribution in [3.63, 3.8) is 0 Å². The number of carbonyl (C=O) groups excluding carboxylic acids is 1. The monoisotopic (exact) mass is 174 g/mol. The largest absolute Gasteiger partial charge is 0.471 e. The maximum absolute atomic E-state index is 8.95.